The number of amides is 1. The first-order chi connectivity index (χ1) is 9.20. The van der Waals surface area contributed by atoms with Gasteiger partial charge in [0.1, 0.15) is 0 Å². The maximum atomic E-state index is 12.5. The van der Waals surface area contributed by atoms with E-state index in [9.17, 15) is 13.2 Å². The van der Waals surface area contributed by atoms with Crippen LogP contribution in [0.5, 0.6) is 0 Å². The zero-order valence-electron chi connectivity index (χ0n) is 11.4. The van der Waals surface area contributed by atoms with Gasteiger partial charge in [-0.25, -0.2) is 12.7 Å². The number of rotatable bonds is 5. The van der Waals surface area contributed by atoms with Crippen molar-refractivity contribution in [3.63, 3.8) is 0 Å². The van der Waals surface area contributed by atoms with E-state index in [4.69, 9.17) is 0 Å². The van der Waals surface area contributed by atoms with Crippen LogP contribution >= 0.6 is 31.9 Å². The number of nitrogens with one attached hydrogen (secondary N) is 1. The Morgan fingerprint density at radius 3 is 2.55 bits per heavy atom. The van der Waals surface area contributed by atoms with Crippen LogP contribution < -0.4 is 5.32 Å². The van der Waals surface area contributed by atoms with Gasteiger partial charge in [-0.1, -0.05) is 22.9 Å². The third-order valence-corrected chi connectivity index (χ3v) is 6.12. The topological polar surface area (TPSA) is 66.5 Å². The van der Waals surface area contributed by atoms with Gasteiger partial charge in [0.2, 0.25) is 15.9 Å². The monoisotopic (exact) mass is 426 g/mol. The van der Waals surface area contributed by atoms with Crippen molar-refractivity contribution in [2.75, 3.05) is 20.6 Å². The Balaban J connectivity index is 3.04. The van der Waals surface area contributed by atoms with Gasteiger partial charge in [-0.15, -0.1) is 0 Å². The third kappa shape index (κ3) is 4.03. The van der Waals surface area contributed by atoms with E-state index in [1.165, 1.54) is 24.5 Å². The molecule has 0 radical (unpaired) electrons. The number of carbonyl (C=O) groups is 1. The lowest BCUT2D eigenvalue weighted by Crippen LogP contribution is -2.37. The summed E-state index contributed by atoms with van der Waals surface area (Å²) < 4.78 is 27.3. The Hall–Kier alpha value is -0.440. The fraction of sp³-hybridized carbons (Fsp3) is 0.417. The highest BCUT2D eigenvalue weighted by molar-refractivity contribution is 9.11. The number of sulfonamides is 1. The lowest BCUT2D eigenvalue weighted by Gasteiger charge is -2.21. The summed E-state index contributed by atoms with van der Waals surface area (Å²) in [5.41, 5.74) is 0. The standard InChI is InChI=1S/C12H16Br2N2O3S/c1-8(12(17)15-2)7-16(3)20(18,19)11-6-9(13)4-5-10(11)14/h4-6,8H,7H2,1-3H3,(H,15,17). The summed E-state index contributed by atoms with van der Waals surface area (Å²) in [6.07, 6.45) is 0. The molecule has 0 spiro atoms. The average molecular weight is 428 g/mol. The molecule has 20 heavy (non-hydrogen) atoms. The summed E-state index contributed by atoms with van der Waals surface area (Å²) >= 11 is 6.49. The SMILES string of the molecule is CNC(=O)C(C)CN(C)S(=O)(=O)c1cc(Br)ccc1Br. The van der Waals surface area contributed by atoms with Crippen LogP contribution in [0.15, 0.2) is 32.0 Å². The Bertz CT molecular complexity index is 605. The first kappa shape index (κ1) is 17.6. The minimum absolute atomic E-state index is 0.112. The molecule has 0 aliphatic carbocycles. The molecule has 8 heteroatoms. The van der Waals surface area contributed by atoms with Crippen LogP contribution in [0.2, 0.25) is 0 Å². The largest absolute Gasteiger partial charge is 0.359 e. The third-order valence-electron chi connectivity index (χ3n) is 2.81. The van der Waals surface area contributed by atoms with Crippen molar-refractivity contribution in [1.82, 2.24) is 9.62 Å². The van der Waals surface area contributed by atoms with E-state index < -0.39 is 15.9 Å². The zero-order valence-corrected chi connectivity index (χ0v) is 15.3. The second-order valence-electron chi connectivity index (χ2n) is 4.38. The fourth-order valence-electron chi connectivity index (χ4n) is 1.66. The highest BCUT2D eigenvalue weighted by atomic mass is 79.9. The minimum atomic E-state index is -3.65. The molecule has 1 aromatic rings. The van der Waals surface area contributed by atoms with Gasteiger partial charge < -0.3 is 5.32 Å². The highest BCUT2D eigenvalue weighted by Gasteiger charge is 2.26. The zero-order chi connectivity index (χ0) is 15.5. The lowest BCUT2D eigenvalue weighted by molar-refractivity contribution is -0.124. The average Bonchev–Trinajstić information content (AvgIpc) is 2.40. The highest BCUT2D eigenvalue weighted by Crippen LogP contribution is 2.28. The number of carbonyl (C=O) groups excluding carboxylic acids is 1. The van der Waals surface area contributed by atoms with Crippen LogP contribution in [0, 0.1) is 5.92 Å². The van der Waals surface area contributed by atoms with E-state index in [0.29, 0.717) is 8.95 Å². The normalized spacial score (nSPS) is 13.3. The van der Waals surface area contributed by atoms with Gasteiger partial charge in [-0.3, -0.25) is 4.79 Å². The first-order valence-corrected chi connectivity index (χ1v) is 8.85. The maximum absolute atomic E-state index is 12.5. The summed E-state index contributed by atoms with van der Waals surface area (Å²) in [7, 11) is -0.666. The molecule has 1 amide bonds. The molecule has 1 N–H and O–H groups in total. The van der Waals surface area contributed by atoms with Gasteiger partial charge >= 0.3 is 0 Å². The van der Waals surface area contributed by atoms with Crippen LogP contribution in [-0.4, -0.2) is 39.3 Å². The van der Waals surface area contributed by atoms with Crippen molar-refractivity contribution < 1.29 is 13.2 Å². The number of nitrogens with zero attached hydrogens (tertiary/aromatic N) is 1. The van der Waals surface area contributed by atoms with Gasteiger partial charge in [0, 0.05) is 35.5 Å². The summed E-state index contributed by atoms with van der Waals surface area (Å²) in [6, 6.07) is 4.93. The minimum Gasteiger partial charge on any atom is -0.359 e. The molecule has 0 bridgehead atoms. The van der Waals surface area contributed by atoms with Gasteiger partial charge in [0.05, 0.1) is 4.90 Å². The van der Waals surface area contributed by atoms with E-state index in [0.717, 1.165) is 0 Å². The Morgan fingerprint density at radius 1 is 1.40 bits per heavy atom. The molecule has 0 saturated carbocycles. The Morgan fingerprint density at radius 2 is 2.00 bits per heavy atom. The van der Waals surface area contributed by atoms with Crippen LogP contribution in [0.4, 0.5) is 0 Å². The van der Waals surface area contributed by atoms with E-state index in [1.807, 2.05) is 0 Å². The summed E-state index contributed by atoms with van der Waals surface area (Å²) in [4.78, 5) is 11.6. The van der Waals surface area contributed by atoms with E-state index >= 15 is 0 Å². The molecule has 5 nitrogen and oxygen atoms in total. The summed E-state index contributed by atoms with van der Waals surface area (Å²) in [5, 5.41) is 2.50. The van der Waals surface area contributed by atoms with Crippen molar-refractivity contribution in [3.8, 4) is 0 Å². The van der Waals surface area contributed by atoms with E-state index in [2.05, 4.69) is 37.2 Å². The van der Waals surface area contributed by atoms with Gasteiger partial charge in [0.25, 0.3) is 0 Å². The van der Waals surface area contributed by atoms with E-state index in [1.54, 1.807) is 19.1 Å². The molecule has 0 saturated heterocycles. The number of hydrogen-bond acceptors (Lipinski definition) is 3. The van der Waals surface area contributed by atoms with Gasteiger partial charge in [0.15, 0.2) is 0 Å². The molecule has 112 valence electrons. The molecule has 0 fully saturated rings. The van der Waals surface area contributed by atoms with Crippen LogP contribution in [0.25, 0.3) is 0 Å². The molecule has 1 rings (SSSR count). The van der Waals surface area contributed by atoms with Gasteiger partial charge in [-0.05, 0) is 34.1 Å². The summed E-state index contributed by atoms with van der Waals surface area (Å²) in [5.74, 6) is -0.619. The predicted octanol–water partition coefficient (Wildman–Crippen LogP) is 2.21. The summed E-state index contributed by atoms with van der Waals surface area (Å²) in [6.45, 7) is 1.79. The molecule has 1 atom stereocenters. The molecular formula is C12H16Br2N2O3S. The first-order valence-electron chi connectivity index (χ1n) is 5.83. The molecule has 0 heterocycles. The number of halogens is 2. The van der Waals surface area contributed by atoms with Gasteiger partial charge in [-0.2, -0.15) is 0 Å². The predicted molar refractivity (Wildman–Crippen MR) is 84.9 cm³/mol. The number of benzene rings is 1. The van der Waals surface area contributed by atoms with Crippen molar-refractivity contribution in [2.45, 2.75) is 11.8 Å². The Labute approximate surface area is 136 Å². The maximum Gasteiger partial charge on any atom is 0.244 e. The van der Waals surface area contributed by atoms with E-state index in [-0.39, 0.29) is 17.3 Å². The Kier molecular flexibility index (Phi) is 6.18. The molecule has 0 aliphatic heterocycles. The molecule has 1 unspecified atom stereocenters. The van der Waals surface area contributed by atoms with Crippen molar-refractivity contribution in [1.29, 1.82) is 0 Å². The van der Waals surface area contributed by atoms with Crippen molar-refractivity contribution in [2.24, 2.45) is 5.92 Å². The molecular weight excluding hydrogens is 412 g/mol. The second-order valence-corrected chi connectivity index (χ2v) is 8.16. The second kappa shape index (κ2) is 7.02. The molecule has 0 aliphatic rings. The van der Waals surface area contributed by atoms with Crippen molar-refractivity contribution in [3.05, 3.63) is 27.1 Å². The number of hydrogen-bond donors (Lipinski definition) is 1. The molecule has 1 aromatic carbocycles. The fourth-order valence-corrected chi connectivity index (χ4v) is 4.37. The van der Waals surface area contributed by atoms with Crippen LogP contribution in [0.3, 0.4) is 0 Å². The van der Waals surface area contributed by atoms with Crippen molar-refractivity contribution >= 4 is 47.8 Å². The smallest absolute Gasteiger partial charge is 0.244 e. The molecule has 0 aromatic heterocycles. The van der Waals surface area contributed by atoms with Crippen LogP contribution in [0.1, 0.15) is 6.92 Å². The quantitative estimate of drug-likeness (QED) is 0.783. The lowest BCUT2D eigenvalue weighted by atomic mass is 10.2. The van der Waals surface area contributed by atoms with Crippen LogP contribution in [-0.2, 0) is 14.8 Å².